The Kier molecular flexibility index (Phi) is 4.23. The van der Waals surface area contributed by atoms with Crippen molar-refractivity contribution in [2.75, 3.05) is 0 Å². The molecule has 21 heavy (non-hydrogen) atoms. The molecule has 0 aliphatic carbocycles. The maximum Gasteiger partial charge on any atom is 0.312 e. The summed E-state index contributed by atoms with van der Waals surface area (Å²) in [5.41, 5.74) is 6.49. The summed E-state index contributed by atoms with van der Waals surface area (Å²) in [6, 6.07) is 9.67. The maximum absolute atomic E-state index is 11.1. The first kappa shape index (κ1) is 15.0. The summed E-state index contributed by atoms with van der Waals surface area (Å²) in [4.78, 5) is 10.6. The molecule has 2 aromatic rings. The molecule has 0 spiro atoms. The number of nitrogens with two attached hydrogens (primary N) is 1. The highest BCUT2D eigenvalue weighted by molar-refractivity contribution is 9.10. The van der Waals surface area contributed by atoms with Gasteiger partial charge in [-0.15, -0.1) is 0 Å². The summed E-state index contributed by atoms with van der Waals surface area (Å²) in [7, 11) is 0. The fraction of sp³-hybridized carbons (Fsp3) is 0.0714. The van der Waals surface area contributed by atoms with Gasteiger partial charge < -0.3 is 10.5 Å². The van der Waals surface area contributed by atoms with Crippen LogP contribution in [0.3, 0.4) is 0 Å². The Morgan fingerprint density at radius 3 is 2.71 bits per heavy atom. The largest absolute Gasteiger partial charge is 0.449 e. The summed E-state index contributed by atoms with van der Waals surface area (Å²) in [6.07, 6.45) is 0. The Morgan fingerprint density at radius 1 is 1.38 bits per heavy atom. The van der Waals surface area contributed by atoms with E-state index in [1.165, 1.54) is 12.1 Å². The predicted octanol–water partition coefficient (Wildman–Crippen LogP) is 3.74. The molecule has 2 aromatic carbocycles. The van der Waals surface area contributed by atoms with Crippen LogP contribution in [0.2, 0.25) is 0 Å². The lowest BCUT2D eigenvalue weighted by Crippen LogP contribution is -2.13. The maximum atomic E-state index is 11.1. The number of rotatable bonds is 4. The molecule has 3 N–H and O–H groups in total. The van der Waals surface area contributed by atoms with Gasteiger partial charge in [0.25, 0.3) is 0 Å². The van der Waals surface area contributed by atoms with E-state index in [9.17, 15) is 10.1 Å². The molecule has 0 radical (unpaired) electrons. The molecule has 0 aliphatic heterocycles. The minimum atomic E-state index is -0.522. The van der Waals surface area contributed by atoms with Gasteiger partial charge in [0.1, 0.15) is 11.6 Å². The number of nitro groups is 1. The first-order chi connectivity index (χ1) is 9.90. The highest BCUT2D eigenvalue weighted by atomic mass is 79.9. The van der Waals surface area contributed by atoms with E-state index in [-0.39, 0.29) is 17.3 Å². The molecule has 0 unspecified atom stereocenters. The Balaban J connectivity index is 2.53. The minimum Gasteiger partial charge on any atom is -0.449 e. The Hall–Kier alpha value is -2.41. The van der Waals surface area contributed by atoms with Crippen LogP contribution in [0.5, 0.6) is 11.5 Å². The van der Waals surface area contributed by atoms with Crippen LogP contribution >= 0.6 is 15.9 Å². The number of amidine groups is 1. The SMILES string of the molecule is Cc1cccc(C(=N)N)c1Oc1ccc(Br)cc1[N+](=O)[O-]. The molecule has 6 nitrogen and oxygen atoms in total. The van der Waals surface area contributed by atoms with Gasteiger partial charge in [0, 0.05) is 10.5 Å². The van der Waals surface area contributed by atoms with Crippen LogP contribution in [0, 0.1) is 22.4 Å². The molecule has 0 atom stereocenters. The number of nitrogens with zero attached hydrogens (tertiary/aromatic N) is 1. The summed E-state index contributed by atoms with van der Waals surface area (Å²) >= 11 is 3.19. The first-order valence-electron chi connectivity index (χ1n) is 5.96. The topological polar surface area (TPSA) is 102 Å². The number of nitrogens with one attached hydrogen (secondary N) is 1. The standard InChI is InChI=1S/C14H12BrN3O3/c1-8-3-2-4-10(14(16)17)13(8)21-12-6-5-9(15)7-11(12)18(19)20/h2-7H,1H3,(H3,16,17). The van der Waals surface area contributed by atoms with Gasteiger partial charge in [-0.3, -0.25) is 15.5 Å². The number of benzene rings is 2. The van der Waals surface area contributed by atoms with Gasteiger partial charge >= 0.3 is 5.69 Å². The Morgan fingerprint density at radius 2 is 2.10 bits per heavy atom. The van der Waals surface area contributed by atoms with Crippen molar-refractivity contribution in [3.8, 4) is 11.5 Å². The molecule has 0 aliphatic rings. The second kappa shape index (κ2) is 5.92. The third-order valence-electron chi connectivity index (χ3n) is 2.83. The zero-order valence-corrected chi connectivity index (χ0v) is 12.7. The van der Waals surface area contributed by atoms with Gasteiger partial charge in [0.2, 0.25) is 5.75 Å². The van der Waals surface area contributed by atoms with Crippen LogP contribution in [0.1, 0.15) is 11.1 Å². The summed E-state index contributed by atoms with van der Waals surface area (Å²) in [6.45, 7) is 1.78. The Bertz CT molecular complexity index is 731. The van der Waals surface area contributed by atoms with Crippen LogP contribution in [0.25, 0.3) is 0 Å². The summed E-state index contributed by atoms with van der Waals surface area (Å²) in [5, 5.41) is 18.7. The van der Waals surface area contributed by atoms with E-state index in [1.54, 1.807) is 31.2 Å². The van der Waals surface area contributed by atoms with Crippen molar-refractivity contribution in [3.63, 3.8) is 0 Å². The number of aryl methyl sites for hydroxylation is 1. The third kappa shape index (κ3) is 3.19. The van der Waals surface area contributed by atoms with Crippen molar-refractivity contribution in [2.24, 2.45) is 5.73 Å². The van der Waals surface area contributed by atoms with Crippen molar-refractivity contribution >= 4 is 27.5 Å². The second-order valence-electron chi connectivity index (χ2n) is 4.34. The smallest absolute Gasteiger partial charge is 0.312 e. The highest BCUT2D eigenvalue weighted by Gasteiger charge is 2.19. The van der Waals surface area contributed by atoms with Gasteiger partial charge in [0.15, 0.2) is 0 Å². The number of para-hydroxylation sites is 1. The zero-order valence-electron chi connectivity index (χ0n) is 11.1. The van der Waals surface area contributed by atoms with Crippen LogP contribution < -0.4 is 10.5 Å². The number of hydrogen-bond donors (Lipinski definition) is 2. The van der Waals surface area contributed by atoms with Gasteiger partial charge in [-0.25, -0.2) is 0 Å². The summed E-state index contributed by atoms with van der Waals surface area (Å²) < 4.78 is 6.25. The normalized spacial score (nSPS) is 10.2. The van der Waals surface area contributed by atoms with E-state index in [1.807, 2.05) is 0 Å². The molecule has 2 rings (SSSR count). The lowest BCUT2D eigenvalue weighted by Gasteiger charge is -2.13. The van der Waals surface area contributed by atoms with Crippen LogP contribution in [-0.4, -0.2) is 10.8 Å². The molecule has 108 valence electrons. The number of nitro benzene ring substituents is 1. The fourth-order valence-electron chi connectivity index (χ4n) is 1.83. The number of halogens is 1. The molecule has 0 saturated heterocycles. The molecular formula is C14H12BrN3O3. The fourth-order valence-corrected chi connectivity index (χ4v) is 2.18. The molecule has 0 bridgehead atoms. The zero-order chi connectivity index (χ0) is 15.6. The number of hydrogen-bond acceptors (Lipinski definition) is 4. The molecule has 0 fully saturated rings. The second-order valence-corrected chi connectivity index (χ2v) is 5.25. The van der Waals surface area contributed by atoms with E-state index in [2.05, 4.69) is 15.9 Å². The lowest BCUT2D eigenvalue weighted by molar-refractivity contribution is -0.385. The minimum absolute atomic E-state index is 0.0972. The van der Waals surface area contributed by atoms with Gasteiger partial charge in [-0.05, 0) is 30.7 Å². The molecule has 7 heteroatoms. The van der Waals surface area contributed by atoms with Crippen molar-refractivity contribution in [2.45, 2.75) is 6.92 Å². The van der Waals surface area contributed by atoms with E-state index in [4.69, 9.17) is 15.9 Å². The van der Waals surface area contributed by atoms with E-state index >= 15 is 0 Å². The van der Waals surface area contributed by atoms with E-state index in [0.29, 0.717) is 15.8 Å². The highest BCUT2D eigenvalue weighted by Crippen LogP contribution is 2.36. The van der Waals surface area contributed by atoms with Gasteiger partial charge in [-0.1, -0.05) is 28.1 Å². The van der Waals surface area contributed by atoms with Crippen LogP contribution in [-0.2, 0) is 0 Å². The predicted molar refractivity (Wildman–Crippen MR) is 83.1 cm³/mol. The van der Waals surface area contributed by atoms with Crippen molar-refractivity contribution < 1.29 is 9.66 Å². The van der Waals surface area contributed by atoms with Crippen molar-refractivity contribution in [1.29, 1.82) is 5.41 Å². The van der Waals surface area contributed by atoms with Crippen LogP contribution in [0.15, 0.2) is 40.9 Å². The number of nitrogen functional groups attached to an aromatic ring is 1. The molecule has 0 saturated carbocycles. The number of ether oxygens (including phenoxy) is 1. The lowest BCUT2D eigenvalue weighted by atomic mass is 10.1. The van der Waals surface area contributed by atoms with E-state index < -0.39 is 4.92 Å². The molecule has 0 amide bonds. The van der Waals surface area contributed by atoms with Crippen LogP contribution in [0.4, 0.5) is 5.69 Å². The van der Waals surface area contributed by atoms with Gasteiger partial charge in [-0.2, -0.15) is 0 Å². The average molecular weight is 350 g/mol. The molecular weight excluding hydrogens is 338 g/mol. The third-order valence-corrected chi connectivity index (χ3v) is 3.33. The molecule has 0 aromatic heterocycles. The Labute approximate surface area is 129 Å². The quantitative estimate of drug-likeness (QED) is 0.379. The first-order valence-corrected chi connectivity index (χ1v) is 6.75. The van der Waals surface area contributed by atoms with E-state index in [0.717, 1.165) is 5.56 Å². The average Bonchev–Trinajstić information content (AvgIpc) is 2.42. The monoisotopic (exact) mass is 349 g/mol. The van der Waals surface area contributed by atoms with Crippen molar-refractivity contribution in [1.82, 2.24) is 0 Å². The molecule has 0 heterocycles. The summed E-state index contributed by atoms with van der Waals surface area (Å²) in [5.74, 6) is 0.281. The van der Waals surface area contributed by atoms with Gasteiger partial charge in [0.05, 0.1) is 10.5 Å². The van der Waals surface area contributed by atoms with Crippen molar-refractivity contribution in [3.05, 3.63) is 62.1 Å².